The molecule has 1 amide bonds. The van der Waals surface area contributed by atoms with Crippen molar-refractivity contribution in [1.82, 2.24) is 14.2 Å². The summed E-state index contributed by atoms with van der Waals surface area (Å²) in [5, 5.41) is 3.32. The van der Waals surface area contributed by atoms with Gasteiger partial charge in [0.05, 0.1) is 41.2 Å². The summed E-state index contributed by atoms with van der Waals surface area (Å²) in [5.41, 5.74) is 2.10. The molecule has 200 valence electrons. The second-order valence-corrected chi connectivity index (χ2v) is 12.3. The molecule has 0 aliphatic carbocycles. The molecule has 2 aromatic heterocycles. The van der Waals surface area contributed by atoms with Gasteiger partial charge in [0.25, 0.3) is 0 Å². The van der Waals surface area contributed by atoms with Crippen molar-refractivity contribution in [2.75, 3.05) is 13.1 Å². The number of nitrogens with zero attached hydrogens (tertiary/aromatic N) is 3. The number of aryl methyl sites for hydroxylation is 1. The van der Waals surface area contributed by atoms with E-state index >= 15 is 0 Å². The summed E-state index contributed by atoms with van der Waals surface area (Å²) in [5.74, 6) is 0.554. The SMILES string of the molecule is C=COc1ccc(CN(CC(C)C)C(=O)CN(Cc2csc(C)n2)S(=O)(=O)c2ccc3occc3c2)cc1. The molecule has 38 heavy (non-hydrogen) atoms. The Morgan fingerprint density at radius 3 is 2.58 bits per heavy atom. The van der Waals surface area contributed by atoms with Crippen molar-refractivity contribution in [3.05, 3.63) is 89.3 Å². The third-order valence-electron chi connectivity index (χ3n) is 5.83. The Bertz CT molecular complexity index is 1510. The monoisotopic (exact) mass is 553 g/mol. The zero-order chi connectivity index (χ0) is 27.3. The quantitative estimate of drug-likeness (QED) is 0.212. The van der Waals surface area contributed by atoms with Crippen LogP contribution in [-0.4, -0.2) is 41.6 Å². The molecule has 0 fully saturated rings. The summed E-state index contributed by atoms with van der Waals surface area (Å²) in [6.45, 7) is 9.97. The molecular weight excluding hydrogens is 522 g/mol. The van der Waals surface area contributed by atoms with Gasteiger partial charge in [-0.25, -0.2) is 13.4 Å². The van der Waals surface area contributed by atoms with Crippen LogP contribution >= 0.6 is 11.3 Å². The predicted octanol–water partition coefficient (Wildman–Crippen LogP) is 5.60. The molecule has 0 atom stereocenters. The summed E-state index contributed by atoms with van der Waals surface area (Å²) in [6.07, 6.45) is 2.87. The van der Waals surface area contributed by atoms with E-state index < -0.39 is 10.0 Å². The maximum atomic E-state index is 13.8. The molecule has 2 aromatic carbocycles. The van der Waals surface area contributed by atoms with E-state index in [9.17, 15) is 13.2 Å². The summed E-state index contributed by atoms with van der Waals surface area (Å²) in [6, 6.07) is 13.8. The van der Waals surface area contributed by atoms with Crippen LogP contribution in [0, 0.1) is 12.8 Å². The molecule has 0 aliphatic heterocycles. The average Bonchev–Trinajstić information content (AvgIpc) is 3.52. The first-order valence-electron chi connectivity index (χ1n) is 12.2. The normalized spacial score (nSPS) is 11.8. The number of furan rings is 1. The smallest absolute Gasteiger partial charge is 0.243 e. The van der Waals surface area contributed by atoms with E-state index in [2.05, 4.69) is 11.6 Å². The van der Waals surface area contributed by atoms with E-state index in [0.29, 0.717) is 35.5 Å². The number of carbonyl (C=O) groups excluding carboxylic acids is 1. The standard InChI is InChI=1S/C28H31N3O5S2/c1-5-35-25-8-6-22(7-9-25)16-30(15-20(2)3)28(32)18-31(17-24-19-37-21(4)29-24)38(33,34)26-10-11-27-23(14-26)12-13-36-27/h5-14,19-20H,1,15-18H2,2-4H3. The van der Waals surface area contributed by atoms with E-state index in [-0.39, 0.29) is 29.8 Å². The van der Waals surface area contributed by atoms with Crippen LogP contribution < -0.4 is 4.74 Å². The van der Waals surface area contributed by atoms with Crippen LogP contribution in [0.1, 0.15) is 30.1 Å². The minimum atomic E-state index is -4.02. The second-order valence-electron chi connectivity index (χ2n) is 9.35. The molecule has 0 radical (unpaired) electrons. The lowest BCUT2D eigenvalue weighted by atomic mass is 10.1. The first kappa shape index (κ1) is 27.6. The lowest BCUT2D eigenvalue weighted by Crippen LogP contribution is -2.43. The number of ether oxygens (including phenoxy) is 1. The van der Waals surface area contributed by atoms with Gasteiger partial charge >= 0.3 is 0 Å². The first-order chi connectivity index (χ1) is 18.2. The number of sulfonamides is 1. The van der Waals surface area contributed by atoms with Crippen molar-refractivity contribution in [2.45, 2.75) is 38.8 Å². The summed E-state index contributed by atoms with van der Waals surface area (Å²) < 4.78 is 39.5. The fourth-order valence-corrected chi connectivity index (χ4v) is 6.08. The number of amides is 1. The fraction of sp³-hybridized carbons (Fsp3) is 0.286. The van der Waals surface area contributed by atoms with Gasteiger partial charge < -0.3 is 14.1 Å². The summed E-state index contributed by atoms with van der Waals surface area (Å²) in [7, 11) is -4.02. The van der Waals surface area contributed by atoms with Crippen molar-refractivity contribution in [2.24, 2.45) is 5.92 Å². The molecule has 2 heterocycles. The zero-order valence-electron chi connectivity index (χ0n) is 21.7. The van der Waals surface area contributed by atoms with Crippen LogP contribution in [-0.2, 0) is 27.9 Å². The summed E-state index contributed by atoms with van der Waals surface area (Å²) >= 11 is 1.44. The molecule has 10 heteroatoms. The van der Waals surface area contributed by atoms with Gasteiger partial charge in [-0.1, -0.05) is 32.6 Å². The highest BCUT2D eigenvalue weighted by molar-refractivity contribution is 7.89. The molecule has 4 rings (SSSR count). The topological polar surface area (TPSA) is 93.0 Å². The molecular formula is C28H31N3O5S2. The zero-order valence-corrected chi connectivity index (χ0v) is 23.3. The van der Waals surface area contributed by atoms with Crippen molar-refractivity contribution < 1.29 is 22.4 Å². The number of fused-ring (bicyclic) bond motifs is 1. The number of hydrogen-bond donors (Lipinski definition) is 0. The van der Waals surface area contributed by atoms with E-state index in [0.717, 1.165) is 10.6 Å². The van der Waals surface area contributed by atoms with E-state index in [1.54, 1.807) is 23.1 Å². The van der Waals surface area contributed by atoms with Crippen LogP contribution in [0.15, 0.2) is 82.3 Å². The van der Waals surface area contributed by atoms with Crippen molar-refractivity contribution in [3.8, 4) is 5.75 Å². The average molecular weight is 554 g/mol. The highest BCUT2D eigenvalue weighted by atomic mass is 32.2. The number of rotatable bonds is 12. The van der Waals surface area contributed by atoms with Gasteiger partial charge in [0.2, 0.25) is 15.9 Å². The van der Waals surface area contributed by atoms with Crippen LogP contribution in [0.5, 0.6) is 5.75 Å². The Morgan fingerprint density at radius 1 is 1.16 bits per heavy atom. The van der Waals surface area contributed by atoms with Crippen molar-refractivity contribution in [1.29, 1.82) is 0 Å². The number of aromatic nitrogens is 1. The van der Waals surface area contributed by atoms with Gasteiger partial charge in [-0.3, -0.25) is 4.79 Å². The number of thiazole rings is 1. The maximum absolute atomic E-state index is 13.8. The highest BCUT2D eigenvalue weighted by Crippen LogP contribution is 2.25. The lowest BCUT2D eigenvalue weighted by Gasteiger charge is -2.28. The lowest BCUT2D eigenvalue weighted by molar-refractivity contribution is -0.132. The van der Waals surface area contributed by atoms with Crippen LogP contribution in [0.25, 0.3) is 11.0 Å². The molecule has 0 aliphatic rings. The van der Waals surface area contributed by atoms with E-state index in [4.69, 9.17) is 9.15 Å². The Morgan fingerprint density at radius 2 is 1.92 bits per heavy atom. The highest BCUT2D eigenvalue weighted by Gasteiger charge is 2.30. The van der Waals surface area contributed by atoms with Gasteiger partial charge in [-0.15, -0.1) is 11.3 Å². The van der Waals surface area contributed by atoms with Crippen molar-refractivity contribution >= 4 is 38.2 Å². The molecule has 8 nitrogen and oxygen atoms in total. The van der Waals surface area contributed by atoms with Gasteiger partial charge in [-0.2, -0.15) is 4.31 Å². The molecule has 0 N–H and O–H groups in total. The fourth-order valence-electron chi connectivity index (χ4n) is 4.08. The van der Waals surface area contributed by atoms with Gasteiger partial charge in [0, 0.05) is 23.9 Å². The maximum Gasteiger partial charge on any atom is 0.243 e. The minimum Gasteiger partial charge on any atom is -0.466 e. The number of hydrogen-bond acceptors (Lipinski definition) is 7. The van der Waals surface area contributed by atoms with Crippen LogP contribution in [0.3, 0.4) is 0 Å². The molecule has 4 aromatic rings. The predicted molar refractivity (Wildman–Crippen MR) is 148 cm³/mol. The molecule has 0 unspecified atom stereocenters. The number of carbonyl (C=O) groups is 1. The molecule has 0 saturated carbocycles. The van der Waals surface area contributed by atoms with Gasteiger partial charge in [0.15, 0.2) is 0 Å². The van der Waals surface area contributed by atoms with Gasteiger partial charge in [0.1, 0.15) is 11.3 Å². The molecule has 0 spiro atoms. The van der Waals surface area contributed by atoms with Crippen LogP contribution in [0.4, 0.5) is 0 Å². The van der Waals surface area contributed by atoms with Crippen LogP contribution in [0.2, 0.25) is 0 Å². The third-order valence-corrected chi connectivity index (χ3v) is 8.44. The largest absolute Gasteiger partial charge is 0.466 e. The Hall–Kier alpha value is -3.47. The Kier molecular flexibility index (Phi) is 8.65. The Labute approximate surface area is 227 Å². The third kappa shape index (κ3) is 6.69. The number of benzene rings is 2. The second kappa shape index (κ2) is 11.9. The van der Waals surface area contributed by atoms with E-state index in [1.165, 1.54) is 34.2 Å². The van der Waals surface area contributed by atoms with E-state index in [1.807, 2.05) is 50.4 Å². The summed E-state index contributed by atoms with van der Waals surface area (Å²) in [4.78, 5) is 19.9. The first-order valence-corrected chi connectivity index (χ1v) is 14.5. The minimum absolute atomic E-state index is 0.00898. The molecule has 0 saturated heterocycles. The molecule has 0 bridgehead atoms. The van der Waals surface area contributed by atoms with Gasteiger partial charge in [-0.05, 0) is 54.8 Å². The van der Waals surface area contributed by atoms with Crippen molar-refractivity contribution in [3.63, 3.8) is 0 Å². The Balaban J connectivity index is 1.62.